The number of aromatic carboxylic acids is 1. The Balaban J connectivity index is 3.63. The number of rotatable bonds is 2. The molecule has 0 aliphatic heterocycles. The molecule has 1 rings (SSSR count). The van der Waals surface area contributed by atoms with Crippen molar-refractivity contribution in [2.45, 2.75) is 4.90 Å². The van der Waals surface area contributed by atoms with Gasteiger partial charge < -0.3 is 5.11 Å². The third kappa shape index (κ3) is 2.80. The van der Waals surface area contributed by atoms with Gasteiger partial charge in [0.1, 0.15) is 0 Å². The summed E-state index contributed by atoms with van der Waals surface area (Å²) in [5.41, 5.74) is -0.188. The van der Waals surface area contributed by atoms with E-state index in [4.69, 9.17) is 21.8 Å². The quantitative estimate of drug-likeness (QED) is 0.776. The number of hydrogen-bond donors (Lipinski definition) is 2. The molecule has 3 N–H and O–H groups in total. The van der Waals surface area contributed by atoms with Gasteiger partial charge in [-0.05, 0) is 34.7 Å². The van der Waals surface area contributed by atoms with Crippen LogP contribution in [0.15, 0.2) is 17.0 Å². The van der Waals surface area contributed by atoms with Crippen LogP contribution in [0.5, 0.6) is 0 Å². The summed E-state index contributed by atoms with van der Waals surface area (Å²) in [6.07, 6.45) is 0. The van der Waals surface area contributed by atoms with E-state index in [9.17, 15) is 13.2 Å². The molecule has 0 unspecified atom stereocenters. The third-order valence-corrected chi connectivity index (χ3v) is 4.22. The fourth-order valence-corrected chi connectivity index (χ4v) is 3.32. The Bertz CT molecular complexity index is 528. The second kappa shape index (κ2) is 4.24. The van der Waals surface area contributed by atoms with Gasteiger partial charge in [0.05, 0.1) is 10.5 Å². The molecular formula is C7H5ClINO4S. The maximum absolute atomic E-state index is 11.1. The molecule has 0 aromatic heterocycles. The van der Waals surface area contributed by atoms with Gasteiger partial charge in [0, 0.05) is 8.59 Å². The van der Waals surface area contributed by atoms with Crippen LogP contribution in [0.3, 0.4) is 0 Å². The van der Waals surface area contributed by atoms with Gasteiger partial charge in [-0.15, -0.1) is 0 Å². The maximum atomic E-state index is 11.1. The Morgan fingerprint density at radius 1 is 1.47 bits per heavy atom. The Morgan fingerprint density at radius 3 is 2.40 bits per heavy atom. The Labute approximate surface area is 104 Å². The third-order valence-electron chi connectivity index (χ3n) is 1.54. The van der Waals surface area contributed by atoms with Crippen LogP contribution in [0.2, 0.25) is 5.02 Å². The van der Waals surface area contributed by atoms with E-state index >= 15 is 0 Å². The molecule has 82 valence electrons. The van der Waals surface area contributed by atoms with Crippen molar-refractivity contribution < 1.29 is 18.3 Å². The highest BCUT2D eigenvalue weighted by atomic mass is 127. The van der Waals surface area contributed by atoms with E-state index in [-0.39, 0.29) is 19.1 Å². The van der Waals surface area contributed by atoms with Crippen molar-refractivity contribution in [1.82, 2.24) is 0 Å². The molecule has 0 bridgehead atoms. The molecule has 0 spiro atoms. The second-order valence-corrected chi connectivity index (χ2v) is 5.66. The van der Waals surface area contributed by atoms with Gasteiger partial charge in [-0.2, -0.15) is 0 Å². The van der Waals surface area contributed by atoms with Crippen molar-refractivity contribution in [2.24, 2.45) is 5.14 Å². The van der Waals surface area contributed by atoms with Gasteiger partial charge in [0.15, 0.2) is 0 Å². The van der Waals surface area contributed by atoms with Gasteiger partial charge in [-0.1, -0.05) is 11.6 Å². The largest absolute Gasteiger partial charge is 0.478 e. The molecule has 0 radical (unpaired) electrons. The molecular weight excluding hydrogens is 357 g/mol. The summed E-state index contributed by atoms with van der Waals surface area (Å²) in [5, 5.41) is 13.7. The minimum atomic E-state index is -3.97. The lowest BCUT2D eigenvalue weighted by Crippen LogP contribution is -2.15. The summed E-state index contributed by atoms with van der Waals surface area (Å²) in [4.78, 5) is 10.5. The molecule has 1 aromatic rings. The maximum Gasteiger partial charge on any atom is 0.336 e. The molecule has 0 atom stereocenters. The van der Waals surface area contributed by atoms with Gasteiger partial charge in [0.25, 0.3) is 0 Å². The molecule has 5 nitrogen and oxygen atoms in total. The van der Waals surface area contributed by atoms with Crippen molar-refractivity contribution in [3.63, 3.8) is 0 Å². The zero-order chi connectivity index (χ0) is 11.8. The van der Waals surface area contributed by atoms with Crippen LogP contribution in [-0.2, 0) is 10.0 Å². The fraction of sp³-hybridized carbons (Fsp3) is 0. The summed E-state index contributed by atoms with van der Waals surface area (Å²) >= 11 is 7.18. The van der Waals surface area contributed by atoms with Crippen molar-refractivity contribution in [3.8, 4) is 0 Å². The number of nitrogens with two attached hydrogens (primary N) is 1. The molecule has 0 saturated heterocycles. The van der Waals surface area contributed by atoms with Crippen molar-refractivity contribution >= 4 is 50.2 Å². The minimum Gasteiger partial charge on any atom is -0.478 e. The lowest BCUT2D eigenvalue weighted by Gasteiger charge is -2.05. The van der Waals surface area contributed by atoms with Gasteiger partial charge in [-0.3, -0.25) is 0 Å². The smallest absolute Gasteiger partial charge is 0.336 e. The highest BCUT2D eigenvalue weighted by molar-refractivity contribution is 14.1. The second-order valence-electron chi connectivity index (χ2n) is 2.62. The lowest BCUT2D eigenvalue weighted by molar-refractivity contribution is 0.0695. The van der Waals surface area contributed by atoms with E-state index in [1.807, 2.05) is 0 Å². The van der Waals surface area contributed by atoms with E-state index in [0.717, 1.165) is 6.07 Å². The number of carboxylic acid groups (broad SMARTS) is 1. The number of hydrogen-bond acceptors (Lipinski definition) is 3. The molecule has 0 amide bonds. The summed E-state index contributed by atoms with van der Waals surface area (Å²) in [5.74, 6) is -1.26. The van der Waals surface area contributed by atoms with E-state index in [1.54, 1.807) is 22.6 Å². The Morgan fingerprint density at radius 2 is 2.00 bits per heavy atom. The standard InChI is InChI=1S/C7H5ClINO4S/c8-3-1-4(7(11)12)6(9)5(2-3)15(10,13)14/h1-2H,(H,11,12)(H2,10,13,14). The molecule has 0 aliphatic rings. The van der Waals surface area contributed by atoms with Crippen LogP contribution in [0.4, 0.5) is 0 Å². The number of carboxylic acids is 1. The summed E-state index contributed by atoms with van der Waals surface area (Å²) in [6.45, 7) is 0. The van der Waals surface area contributed by atoms with Crippen LogP contribution in [-0.4, -0.2) is 19.5 Å². The topological polar surface area (TPSA) is 97.5 Å². The summed E-state index contributed by atoms with van der Waals surface area (Å²) < 4.78 is 22.3. The lowest BCUT2D eigenvalue weighted by atomic mass is 10.2. The number of primary sulfonamides is 1. The van der Waals surface area contributed by atoms with E-state index in [2.05, 4.69) is 0 Å². The normalized spacial score (nSPS) is 11.4. The zero-order valence-electron chi connectivity index (χ0n) is 7.07. The molecule has 8 heteroatoms. The molecule has 0 heterocycles. The van der Waals surface area contributed by atoms with Crippen LogP contribution < -0.4 is 5.14 Å². The average Bonchev–Trinajstić information content (AvgIpc) is 2.06. The molecule has 15 heavy (non-hydrogen) atoms. The summed E-state index contributed by atoms with van der Waals surface area (Å²) in [6, 6.07) is 2.28. The zero-order valence-corrected chi connectivity index (χ0v) is 10.8. The average molecular weight is 362 g/mol. The molecule has 0 saturated carbocycles. The van der Waals surface area contributed by atoms with Crippen LogP contribution in [0.1, 0.15) is 10.4 Å². The van der Waals surface area contributed by atoms with Crippen molar-refractivity contribution in [3.05, 3.63) is 26.3 Å². The number of benzene rings is 1. The fourth-order valence-electron chi connectivity index (χ4n) is 0.927. The van der Waals surface area contributed by atoms with Gasteiger partial charge >= 0.3 is 5.97 Å². The van der Waals surface area contributed by atoms with Crippen molar-refractivity contribution in [1.29, 1.82) is 0 Å². The van der Waals surface area contributed by atoms with Gasteiger partial charge in [-0.25, -0.2) is 18.4 Å². The monoisotopic (exact) mass is 361 g/mol. The Hall–Kier alpha value is -0.380. The Kier molecular flexibility index (Phi) is 3.59. The van der Waals surface area contributed by atoms with Crippen LogP contribution >= 0.6 is 34.2 Å². The highest BCUT2D eigenvalue weighted by Crippen LogP contribution is 2.25. The van der Waals surface area contributed by atoms with Gasteiger partial charge in [0.2, 0.25) is 10.0 Å². The molecule has 1 aromatic carbocycles. The first kappa shape index (κ1) is 12.7. The predicted octanol–water partition coefficient (Wildman–Crippen LogP) is 1.29. The first-order valence-corrected chi connectivity index (χ1v) is 6.49. The number of halogens is 2. The van der Waals surface area contributed by atoms with Crippen molar-refractivity contribution in [2.75, 3.05) is 0 Å². The predicted molar refractivity (Wildman–Crippen MR) is 62.5 cm³/mol. The van der Waals surface area contributed by atoms with Crippen LogP contribution in [0, 0.1) is 3.57 Å². The molecule has 0 aliphatic carbocycles. The first-order valence-electron chi connectivity index (χ1n) is 3.48. The SMILES string of the molecule is NS(=O)(=O)c1cc(Cl)cc(C(=O)O)c1I. The highest BCUT2D eigenvalue weighted by Gasteiger charge is 2.20. The van der Waals surface area contributed by atoms with E-state index < -0.39 is 16.0 Å². The van der Waals surface area contributed by atoms with E-state index in [1.165, 1.54) is 6.07 Å². The minimum absolute atomic E-state index is 0.0110. The first-order chi connectivity index (χ1) is 6.73. The number of sulfonamides is 1. The number of carbonyl (C=O) groups is 1. The van der Waals surface area contributed by atoms with Crippen LogP contribution in [0.25, 0.3) is 0 Å². The summed E-state index contributed by atoms with van der Waals surface area (Å²) in [7, 11) is -3.97. The van der Waals surface area contributed by atoms with E-state index in [0.29, 0.717) is 0 Å². The molecule has 0 fully saturated rings.